The lowest BCUT2D eigenvalue weighted by molar-refractivity contribution is -0.0379. The molecule has 0 spiro atoms. The molecule has 7 nitrogen and oxygen atoms in total. The fourth-order valence-corrected chi connectivity index (χ4v) is 7.21. The summed E-state index contributed by atoms with van der Waals surface area (Å²) in [7, 11) is 1.55. The van der Waals surface area contributed by atoms with Crippen LogP contribution in [0.3, 0.4) is 0 Å². The van der Waals surface area contributed by atoms with Crippen molar-refractivity contribution >= 4 is 40.8 Å². The van der Waals surface area contributed by atoms with Gasteiger partial charge in [0.15, 0.2) is 0 Å². The van der Waals surface area contributed by atoms with Crippen LogP contribution in [0.2, 0.25) is 10.0 Å². The van der Waals surface area contributed by atoms with Crippen LogP contribution in [0, 0.1) is 6.92 Å². The SMILES string of the molecule is COc1ccc(Cl)c(C(=O)OC2(c3ccccc3)CCN(c3ccc(C4(OC(=O)c5c(C)cccc5Cl)CCNCC4)cc3)CC2)c1. The zero-order valence-electron chi connectivity index (χ0n) is 26.6. The van der Waals surface area contributed by atoms with E-state index < -0.39 is 23.1 Å². The molecule has 9 heteroatoms. The number of esters is 2. The van der Waals surface area contributed by atoms with Gasteiger partial charge in [0, 0.05) is 44.5 Å². The van der Waals surface area contributed by atoms with Gasteiger partial charge in [-0.25, -0.2) is 9.59 Å². The molecule has 47 heavy (non-hydrogen) atoms. The van der Waals surface area contributed by atoms with Crippen LogP contribution in [-0.2, 0) is 20.7 Å². The summed E-state index contributed by atoms with van der Waals surface area (Å²) in [5, 5.41) is 4.09. The zero-order chi connectivity index (χ0) is 33.0. The van der Waals surface area contributed by atoms with Crippen molar-refractivity contribution in [3.05, 3.63) is 129 Å². The van der Waals surface area contributed by atoms with E-state index in [0.717, 1.165) is 35.5 Å². The Hall–Kier alpha value is -4.04. The Morgan fingerprint density at radius 1 is 0.723 bits per heavy atom. The van der Waals surface area contributed by atoms with E-state index in [-0.39, 0.29) is 5.56 Å². The number of nitrogens with zero attached hydrogens (tertiary/aromatic N) is 1. The third-order valence-corrected chi connectivity index (χ3v) is 10.1. The summed E-state index contributed by atoms with van der Waals surface area (Å²) in [6.45, 7) is 4.69. The third kappa shape index (κ3) is 6.84. The molecule has 2 aliphatic heterocycles. The molecule has 0 aromatic heterocycles. The van der Waals surface area contributed by atoms with E-state index >= 15 is 0 Å². The summed E-state index contributed by atoms with van der Waals surface area (Å²) < 4.78 is 18.0. The molecule has 2 saturated heterocycles. The van der Waals surface area contributed by atoms with Crippen molar-refractivity contribution in [3.8, 4) is 5.75 Å². The summed E-state index contributed by atoms with van der Waals surface area (Å²) >= 11 is 12.8. The summed E-state index contributed by atoms with van der Waals surface area (Å²) in [5.41, 5.74) is 2.86. The van der Waals surface area contributed by atoms with Crippen molar-refractivity contribution in [2.45, 2.75) is 43.8 Å². The highest BCUT2D eigenvalue weighted by Crippen LogP contribution is 2.41. The predicted molar refractivity (Wildman–Crippen MR) is 185 cm³/mol. The van der Waals surface area contributed by atoms with Crippen molar-refractivity contribution in [2.24, 2.45) is 0 Å². The van der Waals surface area contributed by atoms with Crippen LogP contribution >= 0.6 is 23.2 Å². The van der Waals surface area contributed by atoms with Crippen LogP contribution in [0.1, 0.15) is 63.1 Å². The molecule has 0 atom stereocenters. The second-order valence-corrected chi connectivity index (χ2v) is 13.0. The number of piperidine rings is 2. The molecular weight excluding hydrogens is 635 g/mol. The first-order valence-electron chi connectivity index (χ1n) is 15.9. The molecule has 0 aliphatic carbocycles. The standard InChI is InChI=1S/C38H38Cl2N2O5/c1-26-7-6-10-33(40)34(26)36(44)47-37(17-21-41-22-18-37)28-11-13-29(14-12-28)42-23-19-38(20-24-42,27-8-4-3-5-9-27)46-35(43)31-25-30(45-2)15-16-32(31)39/h3-16,25,41H,17-24H2,1-2H3. The molecule has 2 heterocycles. The lowest BCUT2D eigenvalue weighted by Gasteiger charge is -2.42. The maximum atomic E-state index is 13.5. The molecule has 244 valence electrons. The van der Waals surface area contributed by atoms with Gasteiger partial charge < -0.3 is 24.4 Å². The van der Waals surface area contributed by atoms with E-state index in [1.165, 1.54) is 0 Å². The number of hydrogen-bond acceptors (Lipinski definition) is 7. The average molecular weight is 674 g/mol. The lowest BCUT2D eigenvalue weighted by atomic mass is 9.83. The minimum atomic E-state index is -0.814. The minimum Gasteiger partial charge on any atom is -0.497 e. The number of hydrogen-bond donors (Lipinski definition) is 1. The smallest absolute Gasteiger partial charge is 0.340 e. The van der Waals surface area contributed by atoms with Crippen molar-refractivity contribution in [1.82, 2.24) is 5.32 Å². The predicted octanol–water partition coefficient (Wildman–Crippen LogP) is 8.10. The first-order chi connectivity index (χ1) is 22.7. The first kappa shape index (κ1) is 32.9. The molecule has 0 amide bonds. The second-order valence-electron chi connectivity index (χ2n) is 12.2. The maximum Gasteiger partial charge on any atom is 0.340 e. The molecule has 6 rings (SSSR count). The monoisotopic (exact) mass is 672 g/mol. The molecule has 0 saturated carbocycles. The number of carbonyl (C=O) groups is 2. The molecule has 0 unspecified atom stereocenters. The molecule has 4 aromatic rings. The lowest BCUT2D eigenvalue weighted by Crippen LogP contribution is -2.45. The summed E-state index contributed by atoms with van der Waals surface area (Å²) in [6.07, 6.45) is 2.51. The Labute approximate surface area is 285 Å². The van der Waals surface area contributed by atoms with E-state index in [4.69, 9.17) is 37.4 Å². The number of anilines is 1. The summed E-state index contributed by atoms with van der Waals surface area (Å²) in [4.78, 5) is 29.3. The fourth-order valence-electron chi connectivity index (χ4n) is 6.71. The molecular formula is C38H38Cl2N2O5. The Balaban J connectivity index is 1.21. The second kappa shape index (κ2) is 14.0. The van der Waals surface area contributed by atoms with Crippen molar-refractivity contribution in [1.29, 1.82) is 0 Å². The van der Waals surface area contributed by atoms with Crippen LogP contribution in [0.5, 0.6) is 5.75 Å². The van der Waals surface area contributed by atoms with Gasteiger partial charge in [0.2, 0.25) is 0 Å². The van der Waals surface area contributed by atoms with Crippen LogP contribution in [0.25, 0.3) is 0 Å². The van der Waals surface area contributed by atoms with Gasteiger partial charge in [-0.2, -0.15) is 0 Å². The van der Waals surface area contributed by atoms with E-state index in [9.17, 15) is 9.59 Å². The zero-order valence-corrected chi connectivity index (χ0v) is 28.1. The highest BCUT2D eigenvalue weighted by Gasteiger charge is 2.42. The van der Waals surface area contributed by atoms with E-state index in [0.29, 0.717) is 60.1 Å². The number of benzene rings is 4. The maximum absolute atomic E-state index is 13.5. The van der Waals surface area contributed by atoms with Gasteiger partial charge in [0.25, 0.3) is 0 Å². The normalized spacial score (nSPS) is 17.1. The number of ether oxygens (including phenoxy) is 3. The van der Waals surface area contributed by atoms with Gasteiger partial charge >= 0.3 is 11.9 Å². The largest absolute Gasteiger partial charge is 0.497 e. The summed E-state index contributed by atoms with van der Waals surface area (Å²) in [5.74, 6) is -0.352. The first-order valence-corrected chi connectivity index (χ1v) is 16.7. The number of aryl methyl sites for hydroxylation is 1. The number of methoxy groups -OCH3 is 1. The summed E-state index contributed by atoms with van der Waals surface area (Å²) in [6, 6.07) is 28.6. The molecule has 1 N–H and O–H groups in total. The fraction of sp³-hybridized carbons (Fsp3) is 0.316. The van der Waals surface area contributed by atoms with E-state index in [2.05, 4.69) is 34.5 Å². The van der Waals surface area contributed by atoms with Gasteiger partial charge in [-0.05, 0) is 73.1 Å². The molecule has 2 fully saturated rings. The van der Waals surface area contributed by atoms with Gasteiger partial charge in [-0.1, -0.05) is 77.8 Å². The van der Waals surface area contributed by atoms with Crippen LogP contribution in [0.4, 0.5) is 5.69 Å². The van der Waals surface area contributed by atoms with Gasteiger partial charge in [-0.15, -0.1) is 0 Å². The Morgan fingerprint density at radius 2 is 1.36 bits per heavy atom. The Bertz CT molecular complexity index is 1710. The Morgan fingerprint density at radius 3 is 2.02 bits per heavy atom. The van der Waals surface area contributed by atoms with Gasteiger partial charge in [-0.3, -0.25) is 0 Å². The molecule has 2 aliphatic rings. The highest BCUT2D eigenvalue weighted by molar-refractivity contribution is 6.34. The molecule has 4 aromatic carbocycles. The highest BCUT2D eigenvalue weighted by atomic mass is 35.5. The minimum absolute atomic E-state index is 0.275. The van der Waals surface area contributed by atoms with E-state index in [1.807, 2.05) is 49.4 Å². The molecule has 0 radical (unpaired) electrons. The van der Waals surface area contributed by atoms with Crippen LogP contribution < -0.4 is 15.0 Å². The molecule has 0 bridgehead atoms. The van der Waals surface area contributed by atoms with Crippen LogP contribution in [0.15, 0.2) is 91.0 Å². The Kier molecular flexibility index (Phi) is 9.78. The topological polar surface area (TPSA) is 77.1 Å². The average Bonchev–Trinajstić information content (AvgIpc) is 3.09. The van der Waals surface area contributed by atoms with Crippen molar-refractivity contribution in [3.63, 3.8) is 0 Å². The number of halogens is 2. The number of nitrogens with one attached hydrogen (secondary N) is 1. The third-order valence-electron chi connectivity index (χ3n) is 9.44. The number of rotatable bonds is 8. The van der Waals surface area contributed by atoms with Gasteiger partial charge in [0.05, 0.1) is 28.3 Å². The van der Waals surface area contributed by atoms with Crippen molar-refractivity contribution in [2.75, 3.05) is 38.2 Å². The quantitative estimate of drug-likeness (QED) is 0.190. The van der Waals surface area contributed by atoms with Crippen LogP contribution in [-0.4, -0.2) is 45.2 Å². The van der Waals surface area contributed by atoms with Gasteiger partial charge in [0.1, 0.15) is 17.0 Å². The van der Waals surface area contributed by atoms with Crippen molar-refractivity contribution < 1.29 is 23.8 Å². The van der Waals surface area contributed by atoms with E-state index in [1.54, 1.807) is 31.4 Å². The number of carbonyl (C=O) groups excluding carboxylic acids is 2.